The Kier molecular flexibility index (Phi) is 5.16. The highest BCUT2D eigenvalue weighted by molar-refractivity contribution is 7.98. The zero-order valence-corrected chi connectivity index (χ0v) is 16.0. The third kappa shape index (κ3) is 3.85. The standard InChI is InChI=1S/C21H22N4OS/c1-27-13-11-18(21-23-16-7-3-4-8-17(16)24-21)22-20(26)14-25-12-10-15-6-2-5-9-19(15)25/h2-10,12,18H,11,13-14H2,1H3,(H,22,26)(H,23,24)/t18-/m1/s1. The van der Waals surface area contributed by atoms with Gasteiger partial charge in [-0.1, -0.05) is 30.3 Å². The van der Waals surface area contributed by atoms with Crippen LogP contribution in [0.15, 0.2) is 60.8 Å². The van der Waals surface area contributed by atoms with Gasteiger partial charge in [0.05, 0.1) is 17.1 Å². The second-order valence-corrected chi connectivity index (χ2v) is 7.53. The van der Waals surface area contributed by atoms with Crippen LogP contribution in [0, 0.1) is 0 Å². The van der Waals surface area contributed by atoms with Gasteiger partial charge in [0.2, 0.25) is 5.91 Å². The van der Waals surface area contributed by atoms with Gasteiger partial charge in [-0.3, -0.25) is 4.79 Å². The number of para-hydroxylation sites is 3. The Bertz CT molecular complexity index is 1040. The molecule has 2 aromatic heterocycles. The SMILES string of the molecule is CSCC[C@@H](NC(=O)Cn1ccc2ccccc21)c1nc2ccccc2[nH]1. The van der Waals surface area contributed by atoms with Crippen LogP contribution in [0.2, 0.25) is 0 Å². The Morgan fingerprint density at radius 1 is 1.19 bits per heavy atom. The fourth-order valence-corrected chi connectivity index (χ4v) is 3.80. The lowest BCUT2D eigenvalue weighted by Crippen LogP contribution is -2.32. The van der Waals surface area contributed by atoms with Crippen molar-refractivity contribution in [3.05, 3.63) is 66.6 Å². The predicted molar refractivity (Wildman–Crippen MR) is 112 cm³/mol. The summed E-state index contributed by atoms with van der Waals surface area (Å²) in [5, 5.41) is 4.31. The molecule has 0 spiro atoms. The molecule has 0 saturated carbocycles. The number of nitrogens with zero attached hydrogens (tertiary/aromatic N) is 2. The molecule has 5 nitrogen and oxygen atoms in total. The lowest BCUT2D eigenvalue weighted by atomic mass is 10.2. The number of carbonyl (C=O) groups excluding carboxylic acids is 1. The quantitative estimate of drug-likeness (QED) is 0.508. The highest BCUT2D eigenvalue weighted by atomic mass is 32.2. The van der Waals surface area contributed by atoms with E-state index in [4.69, 9.17) is 0 Å². The minimum Gasteiger partial charge on any atom is -0.345 e. The van der Waals surface area contributed by atoms with Crippen molar-refractivity contribution in [2.45, 2.75) is 19.0 Å². The van der Waals surface area contributed by atoms with E-state index >= 15 is 0 Å². The molecule has 0 bridgehead atoms. The monoisotopic (exact) mass is 378 g/mol. The minimum atomic E-state index is -0.126. The van der Waals surface area contributed by atoms with Crippen LogP contribution in [-0.2, 0) is 11.3 Å². The summed E-state index contributed by atoms with van der Waals surface area (Å²) in [4.78, 5) is 20.8. The van der Waals surface area contributed by atoms with Gasteiger partial charge in [-0.25, -0.2) is 4.98 Å². The van der Waals surface area contributed by atoms with E-state index in [1.54, 1.807) is 11.8 Å². The van der Waals surface area contributed by atoms with Gasteiger partial charge >= 0.3 is 0 Å². The topological polar surface area (TPSA) is 62.7 Å². The fraction of sp³-hybridized carbons (Fsp3) is 0.238. The Labute approximate surface area is 162 Å². The maximum absolute atomic E-state index is 12.7. The third-order valence-corrected chi connectivity index (χ3v) is 5.32. The van der Waals surface area contributed by atoms with Gasteiger partial charge in [0.15, 0.2) is 0 Å². The summed E-state index contributed by atoms with van der Waals surface area (Å²) >= 11 is 1.77. The molecular weight excluding hydrogens is 356 g/mol. The molecule has 0 aliphatic carbocycles. The zero-order chi connectivity index (χ0) is 18.6. The first-order valence-corrected chi connectivity index (χ1v) is 10.4. The van der Waals surface area contributed by atoms with Crippen LogP contribution < -0.4 is 5.32 Å². The second kappa shape index (κ2) is 7.88. The molecule has 0 saturated heterocycles. The molecule has 138 valence electrons. The molecule has 0 unspecified atom stereocenters. The minimum absolute atomic E-state index is 0.0112. The summed E-state index contributed by atoms with van der Waals surface area (Å²) in [7, 11) is 0. The number of nitrogens with one attached hydrogen (secondary N) is 2. The molecule has 4 rings (SSSR count). The summed E-state index contributed by atoms with van der Waals surface area (Å²) in [6.07, 6.45) is 4.87. The number of aromatic amines is 1. The number of aromatic nitrogens is 3. The third-order valence-electron chi connectivity index (χ3n) is 4.68. The molecule has 1 amide bonds. The Morgan fingerprint density at radius 2 is 2.00 bits per heavy atom. The van der Waals surface area contributed by atoms with E-state index < -0.39 is 0 Å². The summed E-state index contributed by atoms with van der Waals surface area (Å²) in [6.45, 7) is 0.295. The van der Waals surface area contributed by atoms with Crippen LogP contribution in [0.5, 0.6) is 0 Å². The van der Waals surface area contributed by atoms with Gasteiger partial charge in [-0.2, -0.15) is 11.8 Å². The number of rotatable bonds is 7. The van der Waals surface area contributed by atoms with Crippen molar-refractivity contribution < 1.29 is 4.79 Å². The number of fused-ring (bicyclic) bond motifs is 2. The summed E-state index contributed by atoms with van der Waals surface area (Å²) in [6, 6.07) is 17.9. The summed E-state index contributed by atoms with van der Waals surface area (Å²) in [5.41, 5.74) is 2.98. The Morgan fingerprint density at radius 3 is 2.85 bits per heavy atom. The average molecular weight is 379 g/mol. The normalized spacial score (nSPS) is 12.5. The molecule has 2 N–H and O–H groups in total. The maximum Gasteiger partial charge on any atom is 0.240 e. The Hall–Kier alpha value is -2.73. The first kappa shape index (κ1) is 17.7. The molecule has 4 aromatic rings. The van der Waals surface area contributed by atoms with Crippen LogP contribution in [0.1, 0.15) is 18.3 Å². The van der Waals surface area contributed by atoms with E-state index in [0.29, 0.717) is 6.54 Å². The van der Waals surface area contributed by atoms with Crippen LogP contribution in [-0.4, -0.2) is 32.5 Å². The number of imidazole rings is 1. The number of hydrogen-bond donors (Lipinski definition) is 2. The van der Waals surface area contributed by atoms with Crippen molar-refractivity contribution in [1.82, 2.24) is 19.9 Å². The van der Waals surface area contributed by atoms with Crippen molar-refractivity contribution >= 4 is 39.6 Å². The van der Waals surface area contributed by atoms with Crippen LogP contribution >= 0.6 is 11.8 Å². The second-order valence-electron chi connectivity index (χ2n) is 6.54. The fourth-order valence-electron chi connectivity index (χ4n) is 3.32. The largest absolute Gasteiger partial charge is 0.345 e. The number of hydrogen-bond acceptors (Lipinski definition) is 3. The summed E-state index contributed by atoms with van der Waals surface area (Å²) < 4.78 is 1.98. The highest BCUT2D eigenvalue weighted by Crippen LogP contribution is 2.20. The maximum atomic E-state index is 12.7. The first-order valence-electron chi connectivity index (χ1n) is 9.01. The van der Waals surface area contributed by atoms with Crippen molar-refractivity contribution in [1.29, 1.82) is 0 Å². The van der Waals surface area contributed by atoms with E-state index in [2.05, 4.69) is 27.6 Å². The predicted octanol–water partition coefficient (Wildman–Crippen LogP) is 4.13. The molecule has 0 aliphatic heterocycles. The number of amides is 1. The average Bonchev–Trinajstić information content (AvgIpc) is 3.29. The molecule has 1 atom stereocenters. The number of thioether (sulfide) groups is 1. The van der Waals surface area contributed by atoms with Gasteiger partial charge in [0.1, 0.15) is 12.4 Å². The number of carbonyl (C=O) groups is 1. The van der Waals surface area contributed by atoms with Gasteiger partial charge in [0, 0.05) is 11.7 Å². The molecule has 0 radical (unpaired) electrons. The lowest BCUT2D eigenvalue weighted by molar-refractivity contribution is -0.122. The molecule has 6 heteroatoms. The van der Waals surface area contributed by atoms with Gasteiger partial charge in [0.25, 0.3) is 0 Å². The van der Waals surface area contributed by atoms with Crippen LogP contribution in [0.4, 0.5) is 0 Å². The first-order chi connectivity index (χ1) is 13.2. The van der Waals surface area contributed by atoms with Gasteiger partial charge in [-0.15, -0.1) is 0 Å². The molecule has 2 heterocycles. The molecule has 2 aromatic carbocycles. The van der Waals surface area contributed by atoms with Gasteiger partial charge in [-0.05, 0) is 48.1 Å². The van der Waals surface area contributed by atoms with E-state index in [-0.39, 0.29) is 11.9 Å². The van der Waals surface area contributed by atoms with E-state index in [9.17, 15) is 4.79 Å². The number of H-pyrrole nitrogens is 1. The van der Waals surface area contributed by atoms with Crippen molar-refractivity contribution in [3.8, 4) is 0 Å². The van der Waals surface area contributed by atoms with E-state index in [0.717, 1.165) is 39.9 Å². The molecular formula is C21H22N4OS. The van der Waals surface area contributed by atoms with E-state index in [1.165, 1.54) is 0 Å². The van der Waals surface area contributed by atoms with Crippen molar-refractivity contribution in [3.63, 3.8) is 0 Å². The Balaban J connectivity index is 1.53. The molecule has 0 fully saturated rings. The summed E-state index contributed by atoms with van der Waals surface area (Å²) in [5.74, 6) is 1.76. The highest BCUT2D eigenvalue weighted by Gasteiger charge is 2.18. The van der Waals surface area contributed by atoms with E-state index in [1.807, 2.05) is 59.3 Å². The van der Waals surface area contributed by atoms with Crippen LogP contribution in [0.25, 0.3) is 21.9 Å². The lowest BCUT2D eigenvalue weighted by Gasteiger charge is -2.17. The smallest absolute Gasteiger partial charge is 0.240 e. The number of benzene rings is 2. The molecule has 27 heavy (non-hydrogen) atoms. The molecule has 0 aliphatic rings. The van der Waals surface area contributed by atoms with Crippen molar-refractivity contribution in [2.75, 3.05) is 12.0 Å². The zero-order valence-electron chi connectivity index (χ0n) is 15.2. The van der Waals surface area contributed by atoms with Gasteiger partial charge < -0.3 is 14.9 Å². The van der Waals surface area contributed by atoms with Crippen molar-refractivity contribution in [2.24, 2.45) is 0 Å². The van der Waals surface area contributed by atoms with Crippen LogP contribution in [0.3, 0.4) is 0 Å².